The maximum Gasteiger partial charge on any atom is 0.252 e. The summed E-state index contributed by atoms with van der Waals surface area (Å²) in [4.78, 5) is 34.1. The highest BCUT2D eigenvalue weighted by Gasteiger charge is 2.42. The van der Waals surface area contributed by atoms with Crippen LogP contribution in [0.2, 0.25) is 0 Å². The monoisotopic (exact) mass is 464 g/mol. The van der Waals surface area contributed by atoms with Crippen molar-refractivity contribution in [3.8, 4) is 0 Å². The zero-order chi connectivity index (χ0) is 25.1. The fourth-order valence-electron chi connectivity index (χ4n) is 4.08. The van der Waals surface area contributed by atoms with E-state index in [1.54, 1.807) is 0 Å². The van der Waals surface area contributed by atoms with Gasteiger partial charge >= 0.3 is 0 Å². The fourth-order valence-corrected chi connectivity index (χ4v) is 4.08. The number of rotatable bonds is 5. The molecule has 0 bridgehead atoms. The number of pyridine rings is 1. The molecule has 1 aliphatic rings. The second-order valence-corrected chi connectivity index (χ2v) is 11.6. The van der Waals surface area contributed by atoms with E-state index in [9.17, 15) is 9.59 Å². The molecule has 0 aliphatic carbocycles. The molecule has 0 unspecified atom stereocenters. The van der Waals surface area contributed by atoms with Crippen LogP contribution in [-0.4, -0.2) is 47.4 Å². The van der Waals surface area contributed by atoms with E-state index in [0.717, 1.165) is 30.0 Å². The van der Waals surface area contributed by atoms with Crippen molar-refractivity contribution in [2.75, 3.05) is 20.1 Å². The van der Waals surface area contributed by atoms with Gasteiger partial charge in [-0.15, -0.1) is 0 Å². The number of aromatic nitrogens is 1. The van der Waals surface area contributed by atoms with E-state index in [0.29, 0.717) is 24.9 Å². The number of amides is 2. The first kappa shape index (κ1) is 25.9. The lowest BCUT2D eigenvalue weighted by molar-refractivity contribution is -0.129. The minimum Gasteiger partial charge on any atom is -0.350 e. The maximum atomic E-state index is 13.6. The lowest BCUT2D eigenvalue weighted by Crippen LogP contribution is -2.62. The summed E-state index contributed by atoms with van der Waals surface area (Å²) in [7, 11) is 2.04. The van der Waals surface area contributed by atoms with Crippen molar-refractivity contribution in [2.45, 2.75) is 77.3 Å². The van der Waals surface area contributed by atoms with Crippen LogP contribution in [0.3, 0.4) is 0 Å². The molecule has 0 saturated carbocycles. The summed E-state index contributed by atoms with van der Waals surface area (Å²) in [5.41, 5.74) is 1.99. The number of hydrogen-bond acceptors (Lipinski definition) is 4. The summed E-state index contributed by atoms with van der Waals surface area (Å²) >= 11 is 0. The predicted molar refractivity (Wildman–Crippen MR) is 137 cm³/mol. The largest absolute Gasteiger partial charge is 0.350 e. The van der Waals surface area contributed by atoms with Gasteiger partial charge < -0.3 is 15.5 Å². The Hall–Kier alpha value is -2.73. The third kappa shape index (κ3) is 6.23. The van der Waals surface area contributed by atoms with Crippen molar-refractivity contribution in [1.29, 1.82) is 0 Å². The van der Waals surface area contributed by atoms with E-state index in [4.69, 9.17) is 4.98 Å². The van der Waals surface area contributed by atoms with Gasteiger partial charge in [-0.2, -0.15) is 0 Å². The molecule has 6 heteroatoms. The molecule has 2 heterocycles. The molecule has 0 radical (unpaired) electrons. The number of nitrogens with one attached hydrogen (secondary N) is 2. The lowest BCUT2D eigenvalue weighted by Gasteiger charge is -2.40. The van der Waals surface area contributed by atoms with Crippen LogP contribution in [0.25, 0.3) is 0 Å². The molecule has 2 N–H and O–H groups in total. The fraction of sp³-hybridized carbons (Fsp3) is 0.536. The summed E-state index contributed by atoms with van der Waals surface area (Å²) in [6.45, 7) is 14.5. The van der Waals surface area contributed by atoms with Gasteiger partial charge in [-0.25, -0.2) is 0 Å². The number of nitrogens with zero attached hydrogens (tertiary/aromatic N) is 2. The van der Waals surface area contributed by atoms with Gasteiger partial charge in [0, 0.05) is 47.4 Å². The number of piperidine rings is 1. The van der Waals surface area contributed by atoms with Crippen LogP contribution >= 0.6 is 0 Å². The normalized spacial score (nSPS) is 16.7. The van der Waals surface area contributed by atoms with Gasteiger partial charge in [0.2, 0.25) is 5.91 Å². The van der Waals surface area contributed by atoms with Crippen molar-refractivity contribution in [3.05, 3.63) is 65.0 Å². The molecule has 34 heavy (non-hydrogen) atoms. The van der Waals surface area contributed by atoms with Crippen LogP contribution in [0.15, 0.2) is 42.5 Å². The van der Waals surface area contributed by atoms with Gasteiger partial charge in [0.25, 0.3) is 5.91 Å². The SMILES string of the molecule is CN1CCC(NC(=O)c2cc(C(C)(C)C)nc(C(C)(C)C)c2)(C(=O)NCc2ccccc2)CC1. The minimum absolute atomic E-state index is 0.126. The van der Waals surface area contributed by atoms with Gasteiger partial charge in [0.15, 0.2) is 0 Å². The highest BCUT2D eigenvalue weighted by molar-refractivity contribution is 5.99. The van der Waals surface area contributed by atoms with Crippen LogP contribution in [0.1, 0.15) is 81.7 Å². The predicted octanol–water partition coefficient (Wildman–Crippen LogP) is 4.19. The number of carbonyl (C=O) groups excluding carboxylic acids is 2. The van der Waals surface area contributed by atoms with Crippen molar-refractivity contribution in [3.63, 3.8) is 0 Å². The Morgan fingerprint density at radius 2 is 1.47 bits per heavy atom. The molecule has 1 aliphatic heterocycles. The van der Waals surface area contributed by atoms with Gasteiger partial charge in [-0.05, 0) is 37.6 Å². The number of benzene rings is 1. The quantitative estimate of drug-likeness (QED) is 0.696. The van der Waals surface area contributed by atoms with E-state index < -0.39 is 5.54 Å². The van der Waals surface area contributed by atoms with Gasteiger partial charge in [-0.1, -0.05) is 71.9 Å². The molecular formula is C28H40N4O2. The Labute approximate surface area is 204 Å². The first-order chi connectivity index (χ1) is 15.8. The van der Waals surface area contributed by atoms with E-state index in [2.05, 4.69) is 57.1 Å². The summed E-state index contributed by atoms with van der Waals surface area (Å²) in [5, 5.41) is 6.23. The zero-order valence-electron chi connectivity index (χ0n) is 21.8. The highest BCUT2D eigenvalue weighted by Crippen LogP contribution is 2.28. The van der Waals surface area contributed by atoms with Gasteiger partial charge in [0.05, 0.1) is 0 Å². The molecule has 6 nitrogen and oxygen atoms in total. The van der Waals surface area contributed by atoms with Crippen molar-refractivity contribution in [1.82, 2.24) is 20.5 Å². The van der Waals surface area contributed by atoms with Gasteiger partial charge in [-0.3, -0.25) is 14.6 Å². The molecule has 1 aromatic carbocycles. The molecule has 0 spiro atoms. The number of hydrogen-bond donors (Lipinski definition) is 2. The molecule has 1 saturated heterocycles. The Morgan fingerprint density at radius 3 is 1.97 bits per heavy atom. The second kappa shape index (κ2) is 9.87. The molecule has 3 rings (SSSR count). The van der Waals surface area contributed by atoms with Crippen molar-refractivity contribution >= 4 is 11.8 Å². The van der Waals surface area contributed by atoms with Crippen LogP contribution in [-0.2, 0) is 22.2 Å². The second-order valence-electron chi connectivity index (χ2n) is 11.6. The van der Waals surface area contributed by atoms with Crippen LogP contribution in [0, 0.1) is 0 Å². The minimum atomic E-state index is -0.939. The Morgan fingerprint density at radius 1 is 0.941 bits per heavy atom. The third-order valence-electron chi connectivity index (χ3n) is 6.55. The van der Waals surface area contributed by atoms with E-state index in [1.165, 1.54) is 0 Å². The molecule has 1 aromatic heterocycles. The average Bonchev–Trinajstić information content (AvgIpc) is 2.78. The highest BCUT2D eigenvalue weighted by atomic mass is 16.2. The van der Waals surface area contributed by atoms with E-state index >= 15 is 0 Å². The summed E-state index contributed by atoms with van der Waals surface area (Å²) in [6, 6.07) is 13.6. The summed E-state index contributed by atoms with van der Waals surface area (Å²) in [6.07, 6.45) is 1.14. The molecule has 2 aromatic rings. The number of carbonyl (C=O) groups is 2. The number of likely N-dealkylation sites (tertiary alicyclic amines) is 1. The van der Waals surface area contributed by atoms with Crippen molar-refractivity contribution in [2.24, 2.45) is 0 Å². The van der Waals surface area contributed by atoms with Crippen LogP contribution < -0.4 is 10.6 Å². The Kier molecular flexibility index (Phi) is 7.51. The summed E-state index contributed by atoms with van der Waals surface area (Å²) < 4.78 is 0. The van der Waals surface area contributed by atoms with Gasteiger partial charge in [0.1, 0.15) is 5.54 Å². The molecule has 184 valence electrons. The maximum absolute atomic E-state index is 13.6. The van der Waals surface area contributed by atoms with E-state index in [1.807, 2.05) is 49.5 Å². The zero-order valence-corrected chi connectivity index (χ0v) is 21.8. The van der Waals surface area contributed by atoms with E-state index in [-0.39, 0.29) is 22.6 Å². The van der Waals surface area contributed by atoms with Crippen LogP contribution in [0.4, 0.5) is 0 Å². The first-order valence-electron chi connectivity index (χ1n) is 12.2. The van der Waals surface area contributed by atoms with Crippen molar-refractivity contribution < 1.29 is 9.59 Å². The standard InChI is InChI=1S/C28H40N4O2/c1-26(2,3)22-17-21(18-23(30-22)27(4,5)6)24(33)31-28(13-15-32(7)16-14-28)25(34)29-19-20-11-9-8-10-12-20/h8-12,17-18H,13-16,19H2,1-7H3,(H,29,34)(H,31,33). The molecule has 0 atom stereocenters. The summed E-state index contributed by atoms with van der Waals surface area (Å²) in [5.74, 6) is -0.350. The van der Waals surface area contributed by atoms with Crippen LogP contribution in [0.5, 0.6) is 0 Å². The molecule has 1 fully saturated rings. The molecular weight excluding hydrogens is 424 g/mol. The third-order valence-corrected chi connectivity index (χ3v) is 6.55. The smallest absolute Gasteiger partial charge is 0.252 e. The Balaban J connectivity index is 1.89. The lowest BCUT2D eigenvalue weighted by atomic mass is 9.84. The molecule has 2 amide bonds. The Bertz CT molecular complexity index is 979. The first-order valence-corrected chi connectivity index (χ1v) is 12.2. The topological polar surface area (TPSA) is 74.3 Å². The average molecular weight is 465 g/mol.